The van der Waals surface area contributed by atoms with Crippen molar-refractivity contribution in [1.82, 2.24) is 5.32 Å². The molecule has 4 nitrogen and oxygen atoms in total. The molecular weight excluding hydrogens is 374 g/mol. The maximum atomic E-state index is 12.0. The Balaban J connectivity index is 1.40. The monoisotopic (exact) mass is 417 g/mol. The Kier molecular flexibility index (Phi) is 6.25. The van der Waals surface area contributed by atoms with Crippen molar-refractivity contribution in [2.45, 2.75) is 97.8 Å². The van der Waals surface area contributed by atoms with Crippen LogP contribution in [0.2, 0.25) is 0 Å². The van der Waals surface area contributed by atoms with Crippen molar-refractivity contribution in [3.05, 3.63) is 0 Å². The minimum absolute atomic E-state index is 0.115. The van der Waals surface area contributed by atoms with Crippen molar-refractivity contribution in [3.8, 4) is 0 Å². The third-order valence-corrected chi connectivity index (χ3v) is 10.6. The zero-order chi connectivity index (χ0) is 21.5. The van der Waals surface area contributed by atoms with Gasteiger partial charge in [0.15, 0.2) is 0 Å². The first-order chi connectivity index (χ1) is 14.3. The Morgan fingerprint density at radius 1 is 0.967 bits per heavy atom. The van der Waals surface area contributed by atoms with Crippen LogP contribution in [0, 0.1) is 46.3 Å². The van der Waals surface area contributed by atoms with E-state index in [1.807, 2.05) is 0 Å². The van der Waals surface area contributed by atoms with E-state index >= 15 is 0 Å². The number of aliphatic carboxylic acids is 1. The molecule has 0 heterocycles. The highest BCUT2D eigenvalue weighted by Crippen LogP contribution is 2.68. The molecule has 170 valence electrons. The average Bonchev–Trinajstić information content (AvgIpc) is 3.07. The van der Waals surface area contributed by atoms with Gasteiger partial charge in [-0.25, -0.2) is 0 Å². The number of carboxylic acid groups (broad SMARTS) is 1. The molecule has 4 saturated carbocycles. The highest BCUT2D eigenvalue weighted by atomic mass is 16.4. The van der Waals surface area contributed by atoms with Gasteiger partial charge in [-0.1, -0.05) is 33.6 Å². The number of hydrogen-bond donors (Lipinski definition) is 2. The molecule has 8 atom stereocenters. The number of carbonyl (C=O) groups is 2. The first kappa shape index (κ1) is 22.1. The van der Waals surface area contributed by atoms with E-state index in [-0.39, 0.29) is 12.5 Å². The van der Waals surface area contributed by atoms with E-state index in [1.165, 1.54) is 64.2 Å². The van der Waals surface area contributed by atoms with Crippen LogP contribution in [0.1, 0.15) is 97.8 Å². The number of rotatable bonds is 6. The quantitative estimate of drug-likeness (QED) is 0.586. The molecule has 4 unspecified atom stereocenters. The lowest BCUT2D eigenvalue weighted by Crippen LogP contribution is -2.53. The molecule has 0 aromatic rings. The fourth-order valence-corrected chi connectivity index (χ4v) is 9.09. The summed E-state index contributed by atoms with van der Waals surface area (Å²) in [5.41, 5.74) is 1.05. The number of carbonyl (C=O) groups excluding carboxylic acids is 1. The van der Waals surface area contributed by atoms with Crippen molar-refractivity contribution in [3.63, 3.8) is 0 Å². The van der Waals surface area contributed by atoms with E-state index in [9.17, 15) is 9.59 Å². The van der Waals surface area contributed by atoms with E-state index in [1.54, 1.807) is 0 Å². The molecule has 1 amide bonds. The summed E-state index contributed by atoms with van der Waals surface area (Å²) in [4.78, 5) is 22.7. The van der Waals surface area contributed by atoms with Gasteiger partial charge in [0.05, 0.1) is 0 Å². The third-order valence-electron chi connectivity index (χ3n) is 10.6. The van der Waals surface area contributed by atoms with Gasteiger partial charge in [0.2, 0.25) is 5.91 Å². The molecule has 2 N–H and O–H groups in total. The number of carboxylic acids is 1. The molecule has 4 aliphatic rings. The van der Waals surface area contributed by atoms with Gasteiger partial charge >= 0.3 is 5.97 Å². The van der Waals surface area contributed by atoms with Crippen LogP contribution in [0.4, 0.5) is 0 Å². The molecule has 0 spiro atoms. The molecule has 0 saturated heterocycles. The third kappa shape index (κ3) is 3.81. The van der Waals surface area contributed by atoms with Gasteiger partial charge in [-0.2, -0.15) is 0 Å². The second kappa shape index (κ2) is 8.47. The molecule has 0 aromatic heterocycles. The van der Waals surface area contributed by atoms with Gasteiger partial charge < -0.3 is 10.4 Å². The minimum atomic E-state index is -0.972. The summed E-state index contributed by atoms with van der Waals surface area (Å²) in [6.45, 7) is 7.32. The SMILES string of the molecule is C[C@H](CCC(=O)NCC(=O)O)[C@H]1CCC2C3CCC4CCCC[C@]4(C)C3CC[C@@]21C. The van der Waals surface area contributed by atoms with Crippen LogP contribution in [-0.4, -0.2) is 23.5 Å². The summed E-state index contributed by atoms with van der Waals surface area (Å²) < 4.78 is 0. The zero-order valence-electron chi connectivity index (χ0n) is 19.4. The standard InChI is InChI=1S/C26H43NO3/c1-17(7-12-23(28)27-16-24(29)30)20-10-11-21-19-9-8-18-6-4-5-14-25(18,2)22(19)13-15-26(20,21)3/h17-22H,4-16H2,1-3H3,(H,27,28)(H,29,30)/t17-,18?,19?,20-,21?,22?,25+,26-/m1/s1. The Labute approximate surface area is 183 Å². The Bertz CT molecular complexity index is 663. The molecule has 4 fully saturated rings. The van der Waals surface area contributed by atoms with Crippen LogP contribution in [0.3, 0.4) is 0 Å². The predicted octanol–water partition coefficient (Wildman–Crippen LogP) is 5.65. The molecule has 0 aliphatic heterocycles. The first-order valence-electron chi connectivity index (χ1n) is 12.7. The van der Waals surface area contributed by atoms with Crippen molar-refractivity contribution in [1.29, 1.82) is 0 Å². The summed E-state index contributed by atoms with van der Waals surface area (Å²) in [5.74, 6) is 3.91. The molecular formula is C26H43NO3. The second-order valence-corrected chi connectivity index (χ2v) is 11.8. The van der Waals surface area contributed by atoms with E-state index in [4.69, 9.17) is 5.11 Å². The first-order valence-corrected chi connectivity index (χ1v) is 12.7. The number of nitrogens with one attached hydrogen (secondary N) is 1. The van der Waals surface area contributed by atoms with Crippen LogP contribution in [0.25, 0.3) is 0 Å². The zero-order valence-corrected chi connectivity index (χ0v) is 19.4. The largest absolute Gasteiger partial charge is 0.480 e. The Morgan fingerprint density at radius 2 is 1.73 bits per heavy atom. The highest BCUT2D eigenvalue weighted by Gasteiger charge is 2.60. The molecule has 4 rings (SSSR count). The normalized spacial score (nSPS) is 43.8. The second-order valence-electron chi connectivity index (χ2n) is 11.8. The number of hydrogen-bond acceptors (Lipinski definition) is 2. The van der Waals surface area contributed by atoms with Crippen LogP contribution in [0.5, 0.6) is 0 Å². The van der Waals surface area contributed by atoms with Crippen LogP contribution in [0.15, 0.2) is 0 Å². The molecule has 0 aromatic carbocycles. The smallest absolute Gasteiger partial charge is 0.322 e. The predicted molar refractivity (Wildman–Crippen MR) is 119 cm³/mol. The summed E-state index contributed by atoms with van der Waals surface area (Å²) in [6, 6.07) is 0. The van der Waals surface area contributed by atoms with Gasteiger partial charge in [0.25, 0.3) is 0 Å². The summed E-state index contributed by atoms with van der Waals surface area (Å²) in [6.07, 6.45) is 15.6. The molecule has 4 aliphatic carbocycles. The number of amides is 1. The summed E-state index contributed by atoms with van der Waals surface area (Å²) in [7, 11) is 0. The van der Waals surface area contributed by atoms with E-state index < -0.39 is 5.97 Å². The van der Waals surface area contributed by atoms with Gasteiger partial charge in [0.1, 0.15) is 6.54 Å². The molecule has 0 radical (unpaired) electrons. The van der Waals surface area contributed by atoms with E-state index in [2.05, 4.69) is 26.1 Å². The van der Waals surface area contributed by atoms with Gasteiger partial charge in [-0.05, 0) is 104 Å². The molecule has 0 bridgehead atoms. The summed E-state index contributed by atoms with van der Waals surface area (Å²) in [5, 5.41) is 11.3. The average molecular weight is 418 g/mol. The summed E-state index contributed by atoms with van der Waals surface area (Å²) >= 11 is 0. The maximum Gasteiger partial charge on any atom is 0.322 e. The van der Waals surface area contributed by atoms with E-state index in [0.29, 0.717) is 29.1 Å². The van der Waals surface area contributed by atoms with Gasteiger partial charge in [-0.3, -0.25) is 9.59 Å². The van der Waals surface area contributed by atoms with Gasteiger partial charge in [-0.15, -0.1) is 0 Å². The van der Waals surface area contributed by atoms with Crippen molar-refractivity contribution in [2.24, 2.45) is 46.3 Å². The lowest BCUT2D eigenvalue weighted by molar-refractivity contribution is -0.138. The Morgan fingerprint density at radius 3 is 2.50 bits per heavy atom. The molecule has 4 heteroatoms. The minimum Gasteiger partial charge on any atom is -0.480 e. The van der Waals surface area contributed by atoms with E-state index in [0.717, 1.165) is 30.1 Å². The number of fused-ring (bicyclic) bond motifs is 5. The lowest BCUT2D eigenvalue weighted by Gasteiger charge is -2.61. The van der Waals surface area contributed by atoms with Crippen LogP contribution in [-0.2, 0) is 9.59 Å². The fourth-order valence-electron chi connectivity index (χ4n) is 9.09. The van der Waals surface area contributed by atoms with Crippen molar-refractivity contribution >= 4 is 11.9 Å². The topological polar surface area (TPSA) is 66.4 Å². The lowest BCUT2D eigenvalue weighted by atomic mass is 9.44. The highest BCUT2D eigenvalue weighted by molar-refractivity contribution is 5.81. The van der Waals surface area contributed by atoms with Crippen molar-refractivity contribution in [2.75, 3.05) is 6.54 Å². The Hall–Kier alpha value is -1.06. The van der Waals surface area contributed by atoms with Gasteiger partial charge in [0, 0.05) is 6.42 Å². The van der Waals surface area contributed by atoms with Crippen LogP contribution >= 0.6 is 0 Å². The maximum absolute atomic E-state index is 12.0. The molecule has 30 heavy (non-hydrogen) atoms. The van der Waals surface area contributed by atoms with Crippen molar-refractivity contribution < 1.29 is 14.7 Å². The fraction of sp³-hybridized carbons (Fsp3) is 0.923. The van der Waals surface area contributed by atoms with Crippen LogP contribution < -0.4 is 5.32 Å².